The molecule has 2 unspecified atom stereocenters. The molecule has 0 aliphatic heterocycles. The number of nitrogens with one attached hydrogen (secondary N) is 1. The van der Waals surface area contributed by atoms with Gasteiger partial charge in [-0.25, -0.2) is 0 Å². The molecular weight excluding hydrogens is 158 g/mol. The van der Waals surface area contributed by atoms with E-state index in [1.165, 1.54) is 6.42 Å². The summed E-state index contributed by atoms with van der Waals surface area (Å²) in [6, 6.07) is 0.449. The molecule has 64 valence electrons. The molecule has 1 aliphatic rings. The van der Waals surface area contributed by atoms with Crippen molar-refractivity contribution in [2.24, 2.45) is 0 Å². The van der Waals surface area contributed by atoms with Crippen LogP contribution in [0.15, 0.2) is 0 Å². The molecule has 0 bridgehead atoms. The van der Waals surface area contributed by atoms with Gasteiger partial charge in [0.25, 0.3) is 0 Å². The van der Waals surface area contributed by atoms with Gasteiger partial charge in [0.15, 0.2) is 0 Å². The summed E-state index contributed by atoms with van der Waals surface area (Å²) in [7, 11) is 0. The van der Waals surface area contributed by atoms with E-state index in [9.17, 15) is 4.79 Å². The van der Waals surface area contributed by atoms with Gasteiger partial charge in [0.2, 0.25) is 5.91 Å². The Hall–Kier alpha value is -0.180. The molecule has 0 aromatic heterocycles. The third-order valence-electron chi connectivity index (χ3n) is 2.13. The van der Waals surface area contributed by atoms with E-state index in [4.69, 9.17) is 0 Å². The van der Waals surface area contributed by atoms with Crippen LogP contribution in [0.5, 0.6) is 0 Å². The van der Waals surface area contributed by atoms with Gasteiger partial charge in [-0.3, -0.25) is 4.79 Å². The quantitative estimate of drug-likeness (QED) is 0.684. The molecular formula is C8H15NOS. The Kier molecular flexibility index (Phi) is 3.24. The monoisotopic (exact) mass is 173 g/mol. The fraction of sp³-hybridized carbons (Fsp3) is 0.875. The maximum absolute atomic E-state index is 10.7. The lowest BCUT2D eigenvalue weighted by atomic mass is 10.2. The summed E-state index contributed by atoms with van der Waals surface area (Å²) >= 11 is 1.91. The summed E-state index contributed by atoms with van der Waals surface area (Å²) in [6.07, 6.45) is 5.71. The van der Waals surface area contributed by atoms with Gasteiger partial charge < -0.3 is 5.32 Å². The highest BCUT2D eigenvalue weighted by atomic mass is 32.2. The molecule has 2 atom stereocenters. The average molecular weight is 173 g/mol. The molecule has 0 saturated heterocycles. The van der Waals surface area contributed by atoms with Gasteiger partial charge in [-0.15, -0.1) is 0 Å². The second-order valence-corrected chi connectivity index (χ2v) is 4.21. The minimum atomic E-state index is 0.108. The van der Waals surface area contributed by atoms with Gasteiger partial charge in [-0.05, 0) is 25.5 Å². The lowest BCUT2D eigenvalue weighted by Crippen LogP contribution is -2.30. The summed E-state index contributed by atoms with van der Waals surface area (Å²) in [5.41, 5.74) is 0. The summed E-state index contributed by atoms with van der Waals surface area (Å²) in [5.74, 6) is 0.108. The molecule has 0 radical (unpaired) electrons. The number of hydrogen-bond acceptors (Lipinski definition) is 2. The van der Waals surface area contributed by atoms with Crippen molar-refractivity contribution in [1.29, 1.82) is 0 Å². The van der Waals surface area contributed by atoms with Crippen molar-refractivity contribution < 1.29 is 4.79 Å². The number of rotatable bonds is 2. The SMILES string of the molecule is CSC1CCC(NC(C)=O)C1. The second kappa shape index (κ2) is 4.00. The zero-order valence-electron chi connectivity index (χ0n) is 7.09. The lowest BCUT2D eigenvalue weighted by molar-refractivity contribution is -0.119. The Bertz CT molecular complexity index is 149. The molecule has 11 heavy (non-hydrogen) atoms. The first kappa shape index (κ1) is 8.91. The molecule has 1 fully saturated rings. The van der Waals surface area contributed by atoms with Crippen LogP contribution in [0, 0.1) is 0 Å². The van der Waals surface area contributed by atoms with E-state index in [2.05, 4.69) is 11.6 Å². The highest BCUT2D eigenvalue weighted by molar-refractivity contribution is 7.99. The van der Waals surface area contributed by atoms with Crippen LogP contribution < -0.4 is 5.32 Å². The van der Waals surface area contributed by atoms with E-state index in [1.807, 2.05) is 11.8 Å². The number of amides is 1. The van der Waals surface area contributed by atoms with Crippen LogP contribution in [-0.4, -0.2) is 23.5 Å². The van der Waals surface area contributed by atoms with Gasteiger partial charge in [0, 0.05) is 18.2 Å². The zero-order valence-corrected chi connectivity index (χ0v) is 7.91. The molecule has 0 aromatic carbocycles. The van der Waals surface area contributed by atoms with Crippen LogP contribution >= 0.6 is 11.8 Å². The van der Waals surface area contributed by atoms with Crippen LogP contribution in [0.1, 0.15) is 26.2 Å². The molecule has 2 nitrogen and oxygen atoms in total. The first-order valence-electron chi connectivity index (χ1n) is 4.02. The van der Waals surface area contributed by atoms with Crippen molar-refractivity contribution in [3.05, 3.63) is 0 Å². The Morgan fingerprint density at radius 1 is 1.55 bits per heavy atom. The van der Waals surface area contributed by atoms with Gasteiger partial charge in [0.1, 0.15) is 0 Å². The van der Waals surface area contributed by atoms with Crippen LogP contribution in [-0.2, 0) is 4.79 Å². The summed E-state index contributed by atoms with van der Waals surface area (Å²) in [5, 5.41) is 3.72. The lowest BCUT2D eigenvalue weighted by Gasteiger charge is -2.09. The van der Waals surface area contributed by atoms with E-state index in [0.717, 1.165) is 18.1 Å². The van der Waals surface area contributed by atoms with Crippen molar-refractivity contribution in [1.82, 2.24) is 5.32 Å². The maximum atomic E-state index is 10.7. The Balaban J connectivity index is 2.24. The second-order valence-electron chi connectivity index (χ2n) is 3.07. The van der Waals surface area contributed by atoms with Crippen LogP contribution in [0.4, 0.5) is 0 Å². The number of carbonyl (C=O) groups excluding carboxylic acids is 1. The van der Waals surface area contributed by atoms with Crippen LogP contribution in [0.3, 0.4) is 0 Å². The Morgan fingerprint density at radius 2 is 2.27 bits per heavy atom. The first-order valence-corrected chi connectivity index (χ1v) is 5.31. The number of thioether (sulfide) groups is 1. The molecule has 0 heterocycles. The molecule has 1 N–H and O–H groups in total. The normalized spacial score (nSPS) is 30.4. The predicted octanol–water partition coefficient (Wildman–Crippen LogP) is 1.41. The average Bonchev–Trinajstić information content (AvgIpc) is 2.34. The summed E-state index contributed by atoms with van der Waals surface area (Å²) in [6.45, 7) is 1.59. The smallest absolute Gasteiger partial charge is 0.217 e. The topological polar surface area (TPSA) is 29.1 Å². The van der Waals surface area contributed by atoms with E-state index in [-0.39, 0.29) is 5.91 Å². The first-order chi connectivity index (χ1) is 5.22. The standard InChI is InChI=1S/C8H15NOS/c1-6(10)9-7-3-4-8(5-7)11-2/h7-8H,3-5H2,1-2H3,(H,9,10). The molecule has 1 aliphatic carbocycles. The van der Waals surface area contributed by atoms with Gasteiger partial charge in [0.05, 0.1) is 0 Å². The summed E-state index contributed by atoms with van der Waals surface area (Å²) < 4.78 is 0. The minimum Gasteiger partial charge on any atom is -0.354 e. The van der Waals surface area contributed by atoms with E-state index < -0.39 is 0 Å². The molecule has 0 aromatic rings. The van der Waals surface area contributed by atoms with Crippen molar-refractivity contribution in [3.8, 4) is 0 Å². The van der Waals surface area contributed by atoms with Crippen molar-refractivity contribution in [2.75, 3.05) is 6.26 Å². The molecule has 1 rings (SSSR count). The Morgan fingerprint density at radius 3 is 2.73 bits per heavy atom. The van der Waals surface area contributed by atoms with E-state index in [1.54, 1.807) is 6.92 Å². The Labute approximate surface area is 72.1 Å². The van der Waals surface area contributed by atoms with Gasteiger partial charge >= 0.3 is 0 Å². The van der Waals surface area contributed by atoms with E-state index in [0.29, 0.717) is 6.04 Å². The van der Waals surface area contributed by atoms with Gasteiger partial charge in [-0.1, -0.05) is 0 Å². The minimum absolute atomic E-state index is 0.108. The fourth-order valence-electron chi connectivity index (χ4n) is 1.57. The molecule has 1 saturated carbocycles. The van der Waals surface area contributed by atoms with Crippen molar-refractivity contribution >= 4 is 17.7 Å². The predicted molar refractivity (Wildman–Crippen MR) is 48.8 cm³/mol. The number of hydrogen-bond donors (Lipinski definition) is 1. The van der Waals surface area contributed by atoms with Crippen molar-refractivity contribution in [2.45, 2.75) is 37.5 Å². The highest BCUT2D eigenvalue weighted by Crippen LogP contribution is 2.27. The third kappa shape index (κ3) is 2.73. The van der Waals surface area contributed by atoms with Crippen LogP contribution in [0.25, 0.3) is 0 Å². The zero-order chi connectivity index (χ0) is 8.27. The molecule has 0 spiro atoms. The number of carbonyl (C=O) groups is 1. The fourth-order valence-corrected chi connectivity index (χ4v) is 2.37. The maximum Gasteiger partial charge on any atom is 0.217 e. The molecule has 3 heteroatoms. The van der Waals surface area contributed by atoms with Crippen molar-refractivity contribution in [3.63, 3.8) is 0 Å². The highest BCUT2D eigenvalue weighted by Gasteiger charge is 2.23. The molecule has 1 amide bonds. The largest absolute Gasteiger partial charge is 0.354 e. The third-order valence-corrected chi connectivity index (χ3v) is 3.22. The van der Waals surface area contributed by atoms with Crippen LogP contribution in [0.2, 0.25) is 0 Å². The van der Waals surface area contributed by atoms with E-state index >= 15 is 0 Å². The van der Waals surface area contributed by atoms with Gasteiger partial charge in [-0.2, -0.15) is 11.8 Å². The summed E-state index contributed by atoms with van der Waals surface area (Å²) in [4.78, 5) is 10.7.